The Hall–Kier alpha value is -1.98. The van der Waals surface area contributed by atoms with Gasteiger partial charge in [0.1, 0.15) is 21.8 Å². The zero-order valence-corrected chi connectivity index (χ0v) is 15.5. The lowest BCUT2D eigenvalue weighted by atomic mass is 10.0. The maximum absolute atomic E-state index is 13.0. The lowest BCUT2D eigenvalue weighted by Crippen LogP contribution is -2.30. The molecular weight excluding hydrogens is 363 g/mol. The fraction of sp³-hybridized carbons (Fsp3) is 0.333. The second-order valence-electron chi connectivity index (χ2n) is 5.77. The third-order valence-electron chi connectivity index (χ3n) is 4.32. The Morgan fingerprint density at radius 3 is 2.52 bits per heavy atom. The number of ether oxygens (including phenoxy) is 2. The van der Waals surface area contributed by atoms with Gasteiger partial charge in [-0.25, -0.2) is 4.98 Å². The smallest absolute Gasteiger partial charge is 0.254 e. The fourth-order valence-corrected chi connectivity index (χ4v) is 3.64. The number of carbonyl (C=O) groups excluding carboxylic acids is 1. The summed E-state index contributed by atoms with van der Waals surface area (Å²) in [7, 11) is 3.22. The SMILES string of the molecule is COc1ccc(C2CCCN2C(=O)c2cc(Cl)nc(Cl)c2)c(OC)c1. The van der Waals surface area contributed by atoms with E-state index in [2.05, 4.69) is 4.98 Å². The second-order valence-corrected chi connectivity index (χ2v) is 6.54. The normalized spacial score (nSPS) is 16.8. The average molecular weight is 381 g/mol. The van der Waals surface area contributed by atoms with Crippen molar-refractivity contribution in [1.82, 2.24) is 9.88 Å². The molecule has 25 heavy (non-hydrogen) atoms. The minimum Gasteiger partial charge on any atom is -0.497 e. The molecule has 0 aliphatic carbocycles. The van der Waals surface area contributed by atoms with Gasteiger partial charge in [0.25, 0.3) is 5.91 Å². The molecule has 1 aliphatic heterocycles. The number of hydrogen-bond donors (Lipinski definition) is 0. The molecule has 1 aliphatic rings. The highest BCUT2D eigenvalue weighted by Crippen LogP contribution is 2.39. The van der Waals surface area contributed by atoms with E-state index in [1.54, 1.807) is 14.2 Å². The Morgan fingerprint density at radius 2 is 1.88 bits per heavy atom. The molecule has 0 N–H and O–H groups in total. The van der Waals surface area contributed by atoms with Crippen LogP contribution in [0.2, 0.25) is 10.3 Å². The van der Waals surface area contributed by atoms with E-state index < -0.39 is 0 Å². The van der Waals surface area contributed by atoms with Gasteiger partial charge in [-0.2, -0.15) is 0 Å². The van der Waals surface area contributed by atoms with E-state index in [9.17, 15) is 4.79 Å². The van der Waals surface area contributed by atoms with Crippen molar-refractivity contribution in [2.45, 2.75) is 18.9 Å². The summed E-state index contributed by atoms with van der Waals surface area (Å²) in [5, 5.41) is 0.405. The molecule has 2 aromatic rings. The highest BCUT2D eigenvalue weighted by Gasteiger charge is 2.32. The quantitative estimate of drug-likeness (QED) is 0.738. The van der Waals surface area contributed by atoms with Gasteiger partial charge in [0.15, 0.2) is 0 Å². The van der Waals surface area contributed by atoms with Gasteiger partial charge < -0.3 is 14.4 Å². The zero-order chi connectivity index (χ0) is 18.0. The lowest BCUT2D eigenvalue weighted by molar-refractivity contribution is 0.0734. The van der Waals surface area contributed by atoms with E-state index >= 15 is 0 Å². The molecule has 1 fully saturated rings. The monoisotopic (exact) mass is 380 g/mol. The van der Waals surface area contributed by atoms with Crippen LogP contribution >= 0.6 is 23.2 Å². The summed E-state index contributed by atoms with van der Waals surface area (Å²) >= 11 is 11.9. The van der Waals surface area contributed by atoms with E-state index in [1.807, 2.05) is 23.1 Å². The Kier molecular flexibility index (Phi) is 5.35. The first-order valence-corrected chi connectivity index (χ1v) is 8.65. The molecule has 0 spiro atoms. The van der Waals surface area contributed by atoms with Crippen LogP contribution in [0.25, 0.3) is 0 Å². The highest BCUT2D eigenvalue weighted by atomic mass is 35.5. The molecule has 1 unspecified atom stereocenters. The Labute approximate surface area is 156 Å². The Morgan fingerprint density at radius 1 is 1.16 bits per heavy atom. The number of likely N-dealkylation sites (tertiary alicyclic amines) is 1. The number of rotatable bonds is 4. The summed E-state index contributed by atoms with van der Waals surface area (Å²) < 4.78 is 10.7. The molecule has 0 saturated carbocycles. The summed E-state index contributed by atoms with van der Waals surface area (Å²) in [5.74, 6) is 1.30. The molecule has 1 aromatic heterocycles. The third kappa shape index (κ3) is 3.67. The number of benzene rings is 1. The summed E-state index contributed by atoms with van der Waals surface area (Å²) in [4.78, 5) is 18.7. The number of carbonyl (C=O) groups is 1. The average Bonchev–Trinajstić information content (AvgIpc) is 3.09. The first-order chi connectivity index (χ1) is 12.0. The molecule has 2 heterocycles. The van der Waals surface area contributed by atoms with Crippen molar-refractivity contribution in [3.8, 4) is 11.5 Å². The molecule has 0 bridgehead atoms. The molecule has 7 heteroatoms. The zero-order valence-electron chi connectivity index (χ0n) is 14.0. The standard InChI is InChI=1S/C18H18Cl2N2O3/c1-24-12-5-6-13(15(10-12)25-2)14-4-3-7-22(14)18(23)11-8-16(19)21-17(20)9-11/h5-6,8-10,14H,3-4,7H2,1-2H3. The molecule has 132 valence electrons. The third-order valence-corrected chi connectivity index (χ3v) is 4.71. The minimum atomic E-state index is -0.119. The number of pyridine rings is 1. The van der Waals surface area contributed by atoms with Crippen molar-refractivity contribution in [1.29, 1.82) is 0 Å². The molecule has 5 nitrogen and oxygen atoms in total. The van der Waals surface area contributed by atoms with Crippen LogP contribution in [-0.2, 0) is 0 Å². The number of hydrogen-bond acceptors (Lipinski definition) is 4. The van der Waals surface area contributed by atoms with E-state index in [0.717, 1.165) is 18.4 Å². The maximum Gasteiger partial charge on any atom is 0.254 e. The Balaban J connectivity index is 1.94. The predicted octanol–water partition coefficient (Wildman–Crippen LogP) is 4.38. The van der Waals surface area contributed by atoms with Crippen LogP contribution in [0.5, 0.6) is 11.5 Å². The summed E-state index contributed by atoms with van der Waals surface area (Å²) in [6.07, 6.45) is 1.78. The van der Waals surface area contributed by atoms with Gasteiger partial charge in [0.2, 0.25) is 0 Å². The van der Waals surface area contributed by atoms with Gasteiger partial charge in [0, 0.05) is 23.7 Å². The molecule has 1 amide bonds. The second kappa shape index (κ2) is 7.50. The number of methoxy groups -OCH3 is 2. The Bertz CT molecular complexity index is 778. The molecule has 1 atom stereocenters. The van der Waals surface area contributed by atoms with Crippen molar-refractivity contribution in [2.75, 3.05) is 20.8 Å². The van der Waals surface area contributed by atoms with Crippen molar-refractivity contribution in [3.05, 3.63) is 51.8 Å². The molecule has 1 aromatic carbocycles. The van der Waals surface area contributed by atoms with Crippen LogP contribution in [0.4, 0.5) is 0 Å². The van der Waals surface area contributed by atoms with Crippen molar-refractivity contribution in [2.24, 2.45) is 0 Å². The van der Waals surface area contributed by atoms with Crippen molar-refractivity contribution >= 4 is 29.1 Å². The lowest BCUT2D eigenvalue weighted by Gasteiger charge is -2.26. The fourth-order valence-electron chi connectivity index (χ4n) is 3.18. The molecule has 1 saturated heterocycles. The van der Waals surface area contributed by atoms with Gasteiger partial charge in [-0.05, 0) is 37.1 Å². The molecular formula is C18H18Cl2N2O3. The largest absolute Gasteiger partial charge is 0.497 e. The van der Waals surface area contributed by atoms with E-state index in [1.165, 1.54) is 12.1 Å². The van der Waals surface area contributed by atoms with Crippen LogP contribution in [0.1, 0.15) is 34.8 Å². The van der Waals surface area contributed by atoms with Crippen molar-refractivity contribution in [3.63, 3.8) is 0 Å². The predicted molar refractivity (Wildman–Crippen MR) is 96.8 cm³/mol. The minimum absolute atomic E-state index is 0.0703. The first kappa shape index (κ1) is 17.8. The number of halogens is 2. The molecule has 3 rings (SSSR count). The summed E-state index contributed by atoms with van der Waals surface area (Å²) in [6, 6.07) is 8.65. The summed E-state index contributed by atoms with van der Waals surface area (Å²) in [5.41, 5.74) is 1.39. The maximum atomic E-state index is 13.0. The van der Waals surface area contributed by atoms with E-state index in [-0.39, 0.29) is 22.3 Å². The van der Waals surface area contributed by atoms with Crippen LogP contribution in [0, 0.1) is 0 Å². The van der Waals surface area contributed by atoms with E-state index in [4.69, 9.17) is 32.7 Å². The molecule has 0 radical (unpaired) electrons. The van der Waals surface area contributed by atoms with Gasteiger partial charge in [-0.3, -0.25) is 4.79 Å². The van der Waals surface area contributed by atoms with Crippen LogP contribution in [0.15, 0.2) is 30.3 Å². The van der Waals surface area contributed by atoms with Gasteiger partial charge in [-0.15, -0.1) is 0 Å². The summed E-state index contributed by atoms with van der Waals surface area (Å²) in [6.45, 7) is 0.663. The first-order valence-electron chi connectivity index (χ1n) is 7.89. The number of aromatic nitrogens is 1. The number of amides is 1. The van der Waals surface area contributed by atoms with Gasteiger partial charge in [-0.1, -0.05) is 23.2 Å². The van der Waals surface area contributed by atoms with Gasteiger partial charge in [0.05, 0.1) is 20.3 Å². The van der Waals surface area contributed by atoms with Crippen LogP contribution < -0.4 is 9.47 Å². The van der Waals surface area contributed by atoms with E-state index in [0.29, 0.717) is 23.6 Å². The highest BCUT2D eigenvalue weighted by molar-refractivity contribution is 6.33. The van der Waals surface area contributed by atoms with Crippen molar-refractivity contribution < 1.29 is 14.3 Å². The van der Waals surface area contributed by atoms with Gasteiger partial charge >= 0.3 is 0 Å². The topological polar surface area (TPSA) is 51.7 Å². The number of nitrogens with zero attached hydrogens (tertiary/aromatic N) is 2. The van der Waals surface area contributed by atoms with Crippen LogP contribution in [-0.4, -0.2) is 36.6 Å². The van der Waals surface area contributed by atoms with Crippen LogP contribution in [0.3, 0.4) is 0 Å².